The molecule has 3 atom stereocenters. The van der Waals surface area contributed by atoms with Crippen molar-refractivity contribution in [3.63, 3.8) is 0 Å². The second-order valence-electron chi connectivity index (χ2n) is 9.95. The minimum atomic E-state index is -1.50. The smallest absolute Gasteiger partial charge is 0.180 e. The van der Waals surface area contributed by atoms with E-state index < -0.39 is 23.4 Å². The first-order chi connectivity index (χ1) is 17.9. The number of halogens is 1. The molecule has 3 aliphatic rings. The van der Waals surface area contributed by atoms with Crippen molar-refractivity contribution in [3.8, 4) is 0 Å². The number of rotatable bonds is 2. The highest BCUT2D eigenvalue weighted by Crippen LogP contribution is 2.61. The lowest BCUT2D eigenvalue weighted by Crippen LogP contribution is -2.48. The van der Waals surface area contributed by atoms with Crippen LogP contribution in [0.25, 0.3) is 17.0 Å². The summed E-state index contributed by atoms with van der Waals surface area (Å²) in [4.78, 5) is 49.2. The number of fused-ring (bicyclic) bond motifs is 7. The van der Waals surface area contributed by atoms with E-state index in [0.717, 1.165) is 27.7 Å². The molecule has 6 heteroatoms. The van der Waals surface area contributed by atoms with Crippen LogP contribution in [0, 0.1) is 5.41 Å². The van der Waals surface area contributed by atoms with Crippen LogP contribution in [0.4, 0.5) is 5.69 Å². The number of carbonyl (C=O) groups is 3. The average Bonchev–Trinajstić information content (AvgIpc) is 3.35. The van der Waals surface area contributed by atoms with Gasteiger partial charge in [0.25, 0.3) is 0 Å². The van der Waals surface area contributed by atoms with Crippen LogP contribution < -0.4 is 4.90 Å². The molecule has 0 saturated carbocycles. The molecule has 0 amide bonds. The van der Waals surface area contributed by atoms with Crippen molar-refractivity contribution in [1.29, 1.82) is 0 Å². The fourth-order valence-corrected chi connectivity index (χ4v) is 6.91. The zero-order valence-corrected chi connectivity index (χ0v) is 20.6. The molecule has 1 aromatic heterocycles. The van der Waals surface area contributed by atoms with Gasteiger partial charge in [-0.1, -0.05) is 78.4 Å². The Morgan fingerprint density at radius 2 is 1.62 bits per heavy atom. The Hall–Kier alpha value is -4.09. The molecule has 3 heterocycles. The van der Waals surface area contributed by atoms with E-state index in [2.05, 4.69) is 4.98 Å². The van der Waals surface area contributed by atoms with Crippen molar-refractivity contribution in [2.45, 2.75) is 24.9 Å². The molecule has 3 aromatic carbocycles. The minimum absolute atomic E-state index is 0.118. The topological polar surface area (TPSA) is 67.3 Å². The zero-order valence-electron chi connectivity index (χ0n) is 19.9. The number of carbonyl (C=O) groups excluding carboxylic acids is 3. The van der Waals surface area contributed by atoms with Crippen molar-refractivity contribution in [3.05, 3.63) is 112 Å². The van der Waals surface area contributed by atoms with E-state index in [1.807, 2.05) is 53.5 Å². The normalized spacial score (nSPS) is 22.9. The van der Waals surface area contributed by atoms with Gasteiger partial charge in [0.15, 0.2) is 17.3 Å². The molecule has 5 nitrogen and oxygen atoms in total. The number of aromatic nitrogens is 1. The summed E-state index contributed by atoms with van der Waals surface area (Å²) in [6.45, 7) is 1.54. The highest BCUT2D eigenvalue weighted by Gasteiger charge is 2.71. The lowest BCUT2D eigenvalue weighted by Gasteiger charge is -2.37. The molecule has 7 rings (SSSR count). The van der Waals surface area contributed by atoms with Crippen LogP contribution in [0.2, 0.25) is 5.02 Å². The summed E-state index contributed by atoms with van der Waals surface area (Å²) >= 11 is 6.22. The summed E-state index contributed by atoms with van der Waals surface area (Å²) in [7, 11) is 0. The molecular weight excluding hydrogens is 484 g/mol. The zero-order chi connectivity index (χ0) is 25.5. The molecule has 0 bridgehead atoms. The maximum absolute atomic E-state index is 14.4. The van der Waals surface area contributed by atoms with Gasteiger partial charge in [-0.05, 0) is 36.2 Å². The van der Waals surface area contributed by atoms with E-state index in [0.29, 0.717) is 16.1 Å². The third kappa shape index (κ3) is 2.75. The SMILES string of the molecule is CC(=O)[C@H]1[C@H](c2ccc(Cl)cc2)C2(C(=O)c3ccccc3C2=O)[C@@H]2C=Cc3ccc4cccnc4c3N21. The highest BCUT2D eigenvalue weighted by molar-refractivity contribution is 6.32. The third-order valence-electron chi connectivity index (χ3n) is 8.18. The van der Waals surface area contributed by atoms with E-state index in [9.17, 15) is 14.4 Å². The molecule has 1 fully saturated rings. The van der Waals surface area contributed by atoms with Gasteiger partial charge < -0.3 is 4.90 Å². The summed E-state index contributed by atoms with van der Waals surface area (Å²) in [6, 6.07) is 20.6. The van der Waals surface area contributed by atoms with Gasteiger partial charge in [-0.25, -0.2) is 0 Å². The Morgan fingerprint density at radius 3 is 2.30 bits per heavy atom. The van der Waals surface area contributed by atoms with Gasteiger partial charge in [0.05, 0.1) is 23.3 Å². The molecule has 0 N–H and O–H groups in total. The van der Waals surface area contributed by atoms with Crippen LogP contribution in [0.5, 0.6) is 0 Å². The Kier molecular flexibility index (Phi) is 4.61. The predicted molar refractivity (Wildman–Crippen MR) is 143 cm³/mol. The number of nitrogens with zero attached hydrogens (tertiary/aromatic N) is 2. The Bertz CT molecular complexity index is 1660. The molecule has 1 saturated heterocycles. The number of ketones is 3. The van der Waals surface area contributed by atoms with Crippen molar-refractivity contribution >= 4 is 51.6 Å². The number of hydrogen-bond acceptors (Lipinski definition) is 5. The van der Waals surface area contributed by atoms with Crippen LogP contribution in [0.15, 0.2) is 85.1 Å². The second kappa shape index (κ2) is 7.70. The van der Waals surface area contributed by atoms with E-state index in [1.165, 1.54) is 6.92 Å². The van der Waals surface area contributed by atoms with E-state index >= 15 is 0 Å². The van der Waals surface area contributed by atoms with Crippen LogP contribution >= 0.6 is 11.6 Å². The molecule has 4 aromatic rings. The van der Waals surface area contributed by atoms with Gasteiger partial charge in [-0.3, -0.25) is 19.4 Å². The van der Waals surface area contributed by atoms with Crippen LogP contribution in [-0.4, -0.2) is 34.4 Å². The first-order valence-electron chi connectivity index (χ1n) is 12.2. The van der Waals surface area contributed by atoms with Gasteiger partial charge >= 0.3 is 0 Å². The van der Waals surface area contributed by atoms with Crippen molar-refractivity contribution in [1.82, 2.24) is 4.98 Å². The number of pyridine rings is 1. The van der Waals surface area contributed by atoms with Gasteiger partial charge in [0, 0.05) is 33.7 Å². The number of Topliss-reactive ketones (excluding diaryl/α,β-unsaturated/α-hetero) is 3. The maximum Gasteiger partial charge on any atom is 0.180 e. The molecule has 1 aliphatic carbocycles. The molecular formula is C31H21ClN2O3. The molecule has 0 unspecified atom stereocenters. The molecule has 0 radical (unpaired) electrons. The maximum atomic E-state index is 14.4. The summed E-state index contributed by atoms with van der Waals surface area (Å²) in [5, 5.41) is 1.47. The average molecular weight is 505 g/mol. The molecule has 1 spiro atoms. The van der Waals surface area contributed by atoms with Crippen LogP contribution in [-0.2, 0) is 4.79 Å². The summed E-state index contributed by atoms with van der Waals surface area (Å²) in [5.41, 5.74) is 2.46. The van der Waals surface area contributed by atoms with Crippen molar-refractivity contribution < 1.29 is 14.4 Å². The van der Waals surface area contributed by atoms with Gasteiger partial charge in [0.1, 0.15) is 5.41 Å². The van der Waals surface area contributed by atoms with E-state index in [1.54, 1.807) is 42.6 Å². The van der Waals surface area contributed by atoms with E-state index in [4.69, 9.17) is 11.6 Å². The monoisotopic (exact) mass is 504 g/mol. The van der Waals surface area contributed by atoms with Crippen molar-refractivity contribution in [2.75, 3.05) is 4.90 Å². The van der Waals surface area contributed by atoms with Crippen LogP contribution in [0.3, 0.4) is 0 Å². The predicted octanol–water partition coefficient (Wildman–Crippen LogP) is 5.91. The first kappa shape index (κ1) is 22.1. The van der Waals surface area contributed by atoms with Crippen LogP contribution in [0.1, 0.15) is 44.7 Å². The standard InChI is InChI=1S/C31H21ClN2O3/c1-17(35)27-25(18-10-13-21(32)14-11-18)31(29(36)22-6-2-3-7-23(22)30(31)37)24-15-12-20-9-8-19-5-4-16-33-26(19)28(20)34(24)27/h2-16,24-25,27H,1H3/t24-,25-,27-/m0/s1. The van der Waals surface area contributed by atoms with E-state index in [-0.39, 0.29) is 17.3 Å². The molecule has 180 valence electrons. The van der Waals surface area contributed by atoms with Gasteiger partial charge in [-0.2, -0.15) is 0 Å². The highest BCUT2D eigenvalue weighted by atomic mass is 35.5. The summed E-state index contributed by atoms with van der Waals surface area (Å²) in [6.07, 6.45) is 5.60. The lowest BCUT2D eigenvalue weighted by molar-refractivity contribution is -0.118. The first-order valence-corrected chi connectivity index (χ1v) is 12.6. The number of hydrogen-bond donors (Lipinski definition) is 0. The lowest BCUT2D eigenvalue weighted by atomic mass is 9.64. The third-order valence-corrected chi connectivity index (χ3v) is 8.43. The largest absolute Gasteiger partial charge is 0.351 e. The Labute approximate surface area is 218 Å². The van der Waals surface area contributed by atoms with Gasteiger partial charge in [-0.15, -0.1) is 0 Å². The minimum Gasteiger partial charge on any atom is -0.351 e. The number of anilines is 1. The quantitative estimate of drug-likeness (QED) is 0.317. The van der Waals surface area contributed by atoms with Gasteiger partial charge in [0.2, 0.25) is 0 Å². The molecule has 37 heavy (non-hydrogen) atoms. The molecule has 2 aliphatic heterocycles. The fraction of sp³-hybridized carbons (Fsp3) is 0.161. The Balaban J connectivity index is 1.58. The Morgan fingerprint density at radius 1 is 0.919 bits per heavy atom. The second-order valence-corrected chi connectivity index (χ2v) is 10.4. The number of benzene rings is 3. The van der Waals surface area contributed by atoms with Crippen molar-refractivity contribution in [2.24, 2.45) is 5.41 Å². The summed E-state index contributed by atoms with van der Waals surface area (Å²) < 4.78 is 0. The fourth-order valence-electron chi connectivity index (χ4n) is 6.78. The summed E-state index contributed by atoms with van der Waals surface area (Å²) in [5.74, 6) is -1.32.